The lowest BCUT2D eigenvalue weighted by atomic mass is 10.1. The lowest BCUT2D eigenvalue weighted by Gasteiger charge is -2.08. The average Bonchev–Trinajstić information content (AvgIpc) is 2.52. The van der Waals surface area contributed by atoms with E-state index in [9.17, 15) is 14.0 Å². The summed E-state index contributed by atoms with van der Waals surface area (Å²) < 4.78 is 13.4. The molecule has 2 N–H and O–H groups in total. The van der Waals surface area contributed by atoms with E-state index in [-0.39, 0.29) is 18.8 Å². The van der Waals surface area contributed by atoms with E-state index in [1.165, 1.54) is 12.1 Å². The minimum atomic E-state index is -0.512. The van der Waals surface area contributed by atoms with E-state index in [0.29, 0.717) is 27.7 Å². The van der Waals surface area contributed by atoms with E-state index in [4.69, 9.17) is 23.2 Å². The topological polar surface area (TPSA) is 58.2 Å². The Kier molecular flexibility index (Phi) is 6.58. The number of rotatable bonds is 6. The second kappa shape index (κ2) is 8.66. The van der Waals surface area contributed by atoms with E-state index < -0.39 is 11.8 Å². The highest BCUT2D eigenvalue weighted by Gasteiger charge is 2.11. The molecule has 0 heterocycles. The summed E-state index contributed by atoms with van der Waals surface area (Å²) in [6, 6.07) is 11.0. The molecule has 0 radical (unpaired) electrons. The molecule has 7 heteroatoms. The van der Waals surface area contributed by atoms with Crippen molar-refractivity contribution in [2.24, 2.45) is 0 Å². The standard InChI is InChI=1S/C17H15Cl2FN2O2/c18-12-5-6-13(19)15(9-12)22-17(24)10-16(23)21-8-7-11-3-1-2-4-14(11)20/h1-6,9H,7-8,10H2,(H,21,23)(H,22,24). The Morgan fingerprint density at radius 2 is 1.79 bits per heavy atom. The van der Waals surface area contributed by atoms with Gasteiger partial charge in [-0.2, -0.15) is 0 Å². The molecule has 24 heavy (non-hydrogen) atoms. The number of halogens is 3. The zero-order valence-electron chi connectivity index (χ0n) is 12.6. The smallest absolute Gasteiger partial charge is 0.233 e. The van der Waals surface area contributed by atoms with Gasteiger partial charge in [0.15, 0.2) is 0 Å². The molecular formula is C17H15Cl2FN2O2. The highest BCUT2D eigenvalue weighted by Crippen LogP contribution is 2.25. The normalized spacial score (nSPS) is 10.3. The summed E-state index contributed by atoms with van der Waals surface area (Å²) in [5.41, 5.74) is 0.848. The number of nitrogens with one attached hydrogen (secondary N) is 2. The monoisotopic (exact) mass is 368 g/mol. The molecule has 0 aliphatic rings. The highest BCUT2D eigenvalue weighted by atomic mass is 35.5. The quantitative estimate of drug-likeness (QED) is 0.761. The maximum Gasteiger partial charge on any atom is 0.233 e. The summed E-state index contributed by atoms with van der Waals surface area (Å²) in [4.78, 5) is 23.6. The zero-order chi connectivity index (χ0) is 17.5. The van der Waals surface area contributed by atoms with Gasteiger partial charge in [0.05, 0.1) is 10.7 Å². The minimum Gasteiger partial charge on any atom is -0.355 e. The second-order valence-electron chi connectivity index (χ2n) is 5.04. The Morgan fingerprint density at radius 1 is 1.04 bits per heavy atom. The van der Waals surface area contributed by atoms with Crippen molar-refractivity contribution in [2.45, 2.75) is 12.8 Å². The van der Waals surface area contributed by atoms with Crippen LogP contribution in [0, 0.1) is 5.82 Å². The van der Waals surface area contributed by atoms with Gasteiger partial charge in [0.2, 0.25) is 11.8 Å². The zero-order valence-corrected chi connectivity index (χ0v) is 14.1. The number of carbonyl (C=O) groups is 2. The number of benzene rings is 2. The predicted octanol–water partition coefficient (Wildman–Crippen LogP) is 3.82. The number of hydrogen-bond acceptors (Lipinski definition) is 2. The van der Waals surface area contributed by atoms with Crippen LogP contribution in [0.1, 0.15) is 12.0 Å². The first-order chi connectivity index (χ1) is 11.5. The van der Waals surface area contributed by atoms with Crippen LogP contribution in [0.2, 0.25) is 10.0 Å². The molecule has 0 atom stereocenters. The fourth-order valence-corrected chi connectivity index (χ4v) is 2.37. The van der Waals surface area contributed by atoms with Crippen molar-refractivity contribution in [3.8, 4) is 0 Å². The van der Waals surface area contributed by atoms with E-state index in [0.717, 1.165) is 0 Å². The van der Waals surface area contributed by atoms with Gasteiger partial charge in [0, 0.05) is 11.6 Å². The summed E-state index contributed by atoms with van der Waals surface area (Å²) >= 11 is 11.8. The molecule has 126 valence electrons. The van der Waals surface area contributed by atoms with Crippen LogP contribution >= 0.6 is 23.2 Å². The number of hydrogen-bond donors (Lipinski definition) is 2. The molecule has 2 aromatic carbocycles. The highest BCUT2D eigenvalue weighted by molar-refractivity contribution is 6.35. The van der Waals surface area contributed by atoms with Crippen molar-refractivity contribution in [3.05, 3.63) is 63.9 Å². The van der Waals surface area contributed by atoms with Crippen LogP contribution in [0.25, 0.3) is 0 Å². The summed E-state index contributed by atoms with van der Waals surface area (Å²) in [7, 11) is 0. The molecule has 0 saturated heterocycles. The van der Waals surface area contributed by atoms with E-state index in [1.807, 2.05) is 0 Å². The molecule has 0 unspecified atom stereocenters. The third-order valence-electron chi connectivity index (χ3n) is 3.20. The number of anilines is 1. The lowest BCUT2D eigenvalue weighted by Crippen LogP contribution is -2.29. The molecule has 2 aromatic rings. The molecule has 0 aliphatic carbocycles. The first-order valence-electron chi connectivity index (χ1n) is 7.20. The lowest BCUT2D eigenvalue weighted by molar-refractivity contribution is -0.126. The van der Waals surface area contributed by atoms with Gasteiger partial charge in [-0.3, -0.25) is 9.59 Å². The van der Waals surface area contributed by atoms with Crippen LogP contribution in [-0.4, -0.2) is 18.4 Å². The minimum absolute atomic E-state index is 0.241. The maximum atomic E-state index is 13.4. The molecule has 0 spiro atoms. The van der Waals surface area contributed by atoms with Crippen molar-refractivity contribution >= 4 is 40.7 Å². The van der Waals surface area contributed by atoms with Gasteiger partial charge in [0.25, 0.3) is 0 Å². The van der Waals surface area contributed by atoms with Crippen molar-refractivity contribution in [2.75, 3.05) is 11.9 Å². The van der Waals surface area contributed by atoms with Gasteiger partial charge >= 0.3 is 0 Å². The van der Waals surface area contributed by atoms with Crippen LogP contribution in [0.3, 0.4) is 0 Å². The molecule has 0 bridgehead atoms. The van der Waals surface area contributed by atoms with Gasteiger partial charge in [-0.15, -0.1) is 0 Å². The van der Waals surface area contributed by atoms with Crippen molar-refractivity contribution in [3.63, 3.8) is 0 Å². The van der Waals surface area contributed by atoms with E-state index >= 15 is 0 Å². The van der Waals surface area contributed by atoms with Crippen LogP contribution < -0.4 is 10.6 Å². The van der Waals surface area contributed by atoms with Crippen molar-refractivity contribution in [1.29, 1.82) is 0 Å². The maximum absolute atomic E-state index is 13.4. The number of amides is 2. The van der Waals surface area contributed by atoms with Gasteiger partial charge in [-0.1, -0.05) is 41.4 Å². The van der Waals surface area contributed by atoms with Crippen LogP contribution in [0.4, 0.5) is 10.1 Å². The SMILES string of the molecule is O=C(CC(=O)Nc1cc(Cl)ccc1Cl)NCCc1ccccc1F. The first kappa shape index (κ1) is 18.2. The van der Waals surface area contributed by atoms with Crippen LogP contribution in [0.5, 0.6) is 0 Å². The Morgan fingerprint density at radius 3 is 2.54 bits per heavy atom. The molecule has 2 amide bonds. The number of carbonyl (C=O) groups excluding carboxylic acids is 2. The summed E-state index contributed by atoms with van der Waals surface area (Å²) in [6.45, 7) is 0.241. The molecule has 0 saturated carbocycles. The van der Waals surface area contributed by atoms with Crippen molar-refractivity contribution in [1.82, 2.24) is 5.32 Å². The van der Waals surface area contributed by atoms with Gasteiger partial charge < -0.3 is 10.6 Å². The molecular weight excluding hydrogens is 354 g/mol. The Bertz CT molecular complexity index is 753. The second-order valence-corrected chi connectivity index (χ2v) is 5.88. The molecule has 4 nitrogen and oxygen atoms in total. The van der Waals surface area contributed by atoms with Gasteiger partial charge in [-0.25, -0.2) is 4.39 Å². The fraction of sp³-hybridized carbons (Fsp3) is 0.176. The fourth-order valence-electron chi connectivity index (χ4n) is 2.03. The predicted molar refractivity (Wildman–Crippen MR) is 92.8 cm³/mol. The van der Waals surface area contributed by atoms with E-state index in [1.54, 1.807) is 30.3 Å². The average molecular weight is 369 g/mol. The van der Waals surface area contributed by atoms with E-state index in [2.05, 4.69) is 10.6 Å². The van der Waals surface area contributed by atoms with Crippen LogP contribution in [-0.2, 0) is 16.0 Å². The first-order valence-corrected chi connectivity index (χ1v) is 7.96. The Labute approximate surface area is 149 Å². The molecule has 0 aromatic heterocycles. The Hall–Kier alpha value is -2.11. The van der Waals surface area contributed by atoms with Crippen molar-refractivity contribution < 1.29 is 14.0 Å². The third kappa shape index (κ3) is 5.51. The largest absolute Gasteiger partial charge is 0.355 e. The van der Waals surface area contributed by atoms with Gasteiger partial charge in [0.1, 0.15) is 12.2 Å². The summed E-state index contributed by atoms with van der Waals surface area (Å²) in [5, 5.41) is 5.85. The molecule has 2 rings (SSSR count). The molecule has 0 aliphatic heterocycles. The summed E-state index contributed by atoms with van der Waals surface area (Å²) in [5.74, 6) is -1.29. The van der Waals surface area contributed by atoms with Gasteiger partial charge in [-0.05, 0) is 36.2 Å². The molecule has 0 fully saturated rings. The summed E-state index contributed by atoms with van der Waals surface area (Å²) in [6.07, 6.45) is -0.0136. The Balaban J connectivity index is 1.78. The van der Waals surface area contributed by atoms with Crippen LogP contribution in [0.15, 0.2) is 42.5 Å². The third-order valence-corrected chi connectivity index (χ3v) is 3.76.